The van der Waals surface area contributed by atoms with Crippen LogP contribution in [0.2, 0.25) is 0 Å². The second kappa shape index (κ2) is 7.13. The van der Waals surface area contributed by atoms with Crippen LogP contribution < -0.4 is 5.32 Å². The summed E-state index contributed by atoms with van der Waals surface area (Å²) in [6.45, 7) is 2.86. The van der Waals surface area contributed by atoms with Gasteiger partial charge in [-0.05, 0) is 38.0 Å². The molecule has 18 heavy (non-hydrogen) atoms. The van der Waals surface area contributed by atoms with Gasteiger partial charge in [0, 0.05) is 26.2 Å². The monoisotopic (exact) mass is 267 g/mol. The molecule has 5 nitrogen and oxygen atoms in total. The van der Waals surface area contributed by atoms with Crippen molar-refractivity contribution in [3.05, 3.63) is 23.9 Å². The van der Waals surface area contributed by atoms with Gasteiger partial charge < -0.3 is 10.2 Å². The molecular weight excluding hydrogens is 250 g/mol. The summed E-state index contributed by atoms with van der Waals surface area (Å²) in [5.41, 5.74) is 0.502. The lowest BCUT2D eigenvalue weighted by molar-refractivity contribution is -0.109. The largest absolute Gasteiger partial charge is 0.351 e. The number of nitrogens with one attached hydrogen (secondary N) is 1. The molecule has 0 aliphatic heterocycles. The first-order valence-electron chi connectivity index (χ1n) is 5.56. The molecule has 0 radical (unpaired) electrons. The van der Waals surface area contributed by atoms with Crippen LogP contribution in [0.5, 0.6) is 0 Å². The average molecular weight is 267 g/mol. The van der Waals surface area contributed by atoms with Gasteiger partial charge >= 0.3 is 0 Å². The number of carbonyl (C=O) groups is 2. The first-order valence-corrected chi connectivity index (χ1v) is 6.38. The average Bonchev–Trinajstić information content (AvgIpc) is 2.28. The van der Waals surface area contributed by atoms with E-state index in [9.17, 15) is 9.59 Å². The van der Waals surface area contributed by atoms with Crippen LogP contribution in [-0.4, -0.2) is 48.1 Å². The molecule has 1 rings (SSSR count). The predicted octanol–water partition coefficient (Wildman–Crippen LogP) is 1.01. The van der Waals surface area contributed by atoms with E-state index in [0.717, 1.165) is 18.3 Å². The zero-order valence-electron chi connectivity index (χ0n) is 10.8. The van der Waals surface area contributed by atoms with E-state index in [1.165, 1.54) is 13.1 Å². The topological polar surface area (TPSA) is 62.3 Å². The van der Waals surface area contributed by atoms with Crippen LogP contribution in [0.15, 0.2) is 23.4 Å². The Morgan fingerprint density at radius 2 is 2.11 bits per heavy atom. The molecule has 0 unspecified atom stereocenters. The summed E-state index contributed by atoms with van der Waals surface area (Å²) in [5, 5.41) is 3.38. The molecule has 0 bridgehead atoms. The number of rotatable bonds is 5. The minimum absolute atomic E-state index is 0.0225. The molecule has 0 saturated carbocycles. The fraction of sp³-hybridized carbons (Fsp3) is 0.417. The van der Waals surface area contributed by atoms with Crippen LogP contribution in [0.4, 0.5) is 0 Å². The van der Waals surface area contributed by atoms with Gasteiger partial charge in [-0.1, -0.05) is 0 Å². The Bertz CT molecular complexity index is 418. The SMILES string of the molecule is CC(=O)Sc1ccc(C(=O)NCCN(C)C)cn1. The summed E-state index contributed by atoms with van der Waals surface area (Å²) in [6.07, 6.45) is 1.48. The maximum Gasteiger partial charge on any atom is 0.252 e. The van der Waals surface area contributed by atoms with Crippen molar-refractivity contribution in [2.24, 2.45) is 0 Å². The third kappa shape index (κ3) is 5.29. The van der Waals surface area contributed by atoms with Gasteiger partial charge in [0.1, 0.15) is 5.03 Å². The number of thioether (sulfide) groups is 1. The van der Waals surface area contributed by atoms with E-state index in [-0.39, 0.29) is 11.0 Å². The number of pyridine rings is 1. The highest BCUT2D eigenvalue weighted by Crippen LogP contribution is 2.15. The molecule has 0 fully saturated rings. The Hall–Kier alpha value is -1.40. The molecule has 0 aromatic carbocycles. The quantitative estimate of drug-likeness (QED) is 0.807. The molecule has 0 aliphatic rings. The van der Waals surface area contributed by atoms with E-state index < -0.39 is 0 Å². The van der Waals surface area contributed by atoms with Crippen molar-refractivity contribution < 1.29 is 9.59 Å². The van der Waals surface area contributed by atoms with Crippen molar-refractivity contribution in [2.75, 3.05) is 27.2 Å². The van der Waals surface area contributed by atoms with Gasteiger partial charge in [-0.15, -0.1) is 0 Å². The van der Waals surface area contributed by atoms with Gasteiger partial charge in [0.05, 0.1) is 5.56 Å². The number of carbonyl (C=O) groups excluding carboxylic acids is 2. The molecule has 0 saturated heterocycles. The summed E-state index contributed by atoms with van der Waals surface area (Å²) in [5.74, 6) is -0.149. The zero-order valence-corrected chi connectivity index (χ0v) is 11.6. The maximum absolute atomic E-state index is 11.7. The third-order valence-corrected chi connectivity index (χ3v) is 2.83. The lowest BCUT2D eigenvalue weighted by Gasteiger charge is -2.10. The fourth-order valence-electron chi connectivity index (χ4n) is 1.22. The van der Waals surface area contributed by atoms with E-state index in [0.29, 0.717) is 17.1 Å². The Balaban J connectivity index is 2.51. The number of aromatic nitrogens is 1. The van der Waals surface area contributed by atoms with Crippen molar-refractivity contribution in [1.29, 1.82) is 0 Å². The lowest BCUT2D eigenvalue weighted by Crippen LogP contribution is -2.31. The van der Waals surface area contributed by atoms with E-state index in [1.807, 2.05) is 19.0 Å². The van der Waals surface area contributed by atoms with Crippen molar-refractivity contribution in [3.63, 3.8) is 0 Å². The molecule has 1 heterocycles. The van der Waals surface area contributed by atoms with Crippen molar-refractivity contribution in [2.45, 2.75) is 11.9 Å². The Labute approximate surface area is 111 Å². The second-order valence-corrected chi connectivity index (χ2v) is 5.24. The first-order chi connectivity index (χ1) is 8.49. The summed E-state index contributed by atoms with van der Waals surface area (Å²) in [4.78, 5) is 28.6. The van der Waals surface area contributed by atoms with Crippen LogP contribution in [0.3, 0.4) is 0 Å². The Morgan fingerprint density at radius 1 is 1.39 bits per heavy atom. The summed E-state index contributed by atoms with van der Waals surface area (Å²) < 4.78 is 0. The molecule has 1 N–H and O–H groups in total. The number of hydrogen-bond donors (Lipinski definition) is 1. The molecule has 0 atom stereocenters. The highest BCUT2D eigenvalue weighted by Gasteiger charge is 2.06. The third-order valence-electron chi connectivity index (χ3n) is 2.09. The summed E-state index contributed by atoms with van der Waals surface area (Å²) in [6, 6.07) is 3.34. The summed E-state index contributed by atoms with van der Waals surface area (Å²) >= 11 is 1.05. The molecule has 0 spiro atoms. The molecule has 1 aromatic rings. The number of hydrogen-bond acceptors (Lipinski definition) is 5. The van der Waals surface area contributed by atoms with E-state index >= 15 is 0 Å². The molecular formula is C12H17N3O2S. The smallest absolute Gasteiger partial charge is 0.252 e. The highest BCUT2D eigenvalue weighted by atomic mass is 32.2. The predicted molar refractivity (Wildman–Crippen MR) is 71.7 cm³/mol. The van der Waals surface area contributed by atoms with Gasteiger partial charge in [-0.3, -0.25) is 9.59 Å². The van der Waals surface area contributed by atoms with E-state index in [4.69, 9.17) is 0 Å². The van der Waals surface area contributed by atoms with E-state index in [1.54, 1.807) is 12.1 Å². The van der Waals surface area contributed by atoms with Gasteiger partial charge in [0.25, 0.3) is 5.91 Å². The highest BCUT2D eigenvalue weighted by molar-refractivity contribution is 8.13. The molecule has 1 amide bonds. The summed E-state index contributed by atoms with van der Waals surface area (Å²) in [7, 11) is 3.89. The number of amides is 1. The van der Waals surface area contributed by atoms with E-state index in [2.05, 4.69) is 10.3 Å². The first kappa shape index (κ1) is 14.7. The van der Waals surface area contributed by atoms with Crippen molar-refractivity contribution >= 4 is 22.8 Å². The van der Waals surface area contributed by atoms with Gasteiger partial charge in [-0.2, -0.15) is 0 Å². The van der Waals surface area contributed by atoms with Crippen LogP contribution in [-0.2, 0) is 4.79 Å². The van der Waals surface area contributed by atoms with Crippen molar-refractivity contribution in [3.8, 4) is 0 Å². The zero-order chi connectivity index (χ0) is 13.5. The Kier molecular flexibility index (Phi) is 5.80. The van der Waals surface area contributed by atoms with Crippen molar-refractivity contribution in [1.82, 2.24) is 15.2 Å². The molecule has 98 valence electrons. The van der Waals surface area contributed by atoms with Crippen LogP contribution in [0, 0.1) is 0 Å². The van der Waals surface area contributed by atoms with Crippen LogP contribution >= 0.6 is 11.8 Å². The standard InChI is InChI=1S/C12H17N3O2S/c1-9(16)18-11-5-4-10(8-14-11)12(17)13-6-7-15(2)3/h4-5,8H,6-7H2,1-3H3,(H,13,17). The second-order valence-electron chi connectivity index (χ2n) is 4.04. The molecule has 0 aliphatic carbocycles. The number of likely N-dealkylation sites (N-methyl/N-ethyl adjacent to an activating group) is 1. The lowest BCUT2D eigenvalue weighted by atomic mass is 10.3. The minimum atomic E-state index is -0.149. The van der Waals surface area contributed by atoms with Gasteiger partial charge in [-0.25, -0.2) is 4.98 Å². The van der Waals surface area contributed by atoms with Gasteiger partial charge in [0.2, 0.25) is 0 Å². The maximum atomic E-state index is 11.7. The van der Waals surface area contributed by atoms with Crippen LogP contribution in [0.1, 0.15) is 17.3 Å². The van der Waals surface area contributed by atoms with Crippen LogP contribution in [0.25, 0.3) is 0 Å². The normalized spacial score (nSPS) is 10.4. The minimum Gasteiger partial charge on any atom is -0.351 e. The fourth-order valence-corrected chi connectivity index (χ4v) is 1.75. The molecule has 6 heteroatoms. The molecule has 1 aromatic heterocycles. The Morgan fingerprint density at radius 3 is 2.61 bits per heavy atom. The number of nitrogens with zero attached hydrogens (tertiary/aromatic N) is 2. The van der Waals surface area contributed by atoms with Gasteiger partial charge in [0.15, 0.2) is 5.12 Å².